The Morgan fingerprint density at radius 2 is 1.80 bits per heavy atom. The summed E-state index contributed by atoms with van der Waals surface area (Å²) in [6.45, 7) is 7.95. The lowest BCUT2D eigenvalue weighted by Gasteiger charge is -2.35. The molecule has 0 aliphatic carbocycles. The number of nitrogens with zero attached hydrogens (tertiary/aromatic N) is 1. The summed E-state index contributed by atoms with van der Waals surface area (Å²) in [5.74, 6) is -0.0164. The molecule has 3 rings (SSSR count). The van der Waals surface area contributed by atoms with Crippen molar-refractivity contribution in [3.8, 4) is 0 Å². The monoisotopic (exact) mass is 338 g/mol. The minimum atomic E-state index is -0.0164. The normalized spacial score (nSPS) is 16.4. The Balaban J connectivity index is 1.71. The predicted octanol–water partition coefficient (Wildman–Crippen LogP) is 3.11. The molecule has 2 aromatic carbocycles. The zero-order chi connectivity index (χ0) is 17.6. The van der Waals surface area contributed by atoms with E-state index in [1.807, 2.05) is 43.3 Å². The highest BCUT2D eigenvalue weighted by atomic mass is 16.5. The second-order valence-electron chi connectivity index (χ2n) is 6.58. The molecule has 0 aromatic heterocycles. The van der Waals surface area contributed by atoms with Crippen LogP contribution in [-0.4, -0.2) is 43.7 Å². The fraction of sp³-hybridized carbons (Fsp3) is 0.381. The van der Waals surface area contributed by atoms with Crippen LogP contribution < -0.4 is 5.32 Å². The second kappa shape index (κ2) is 8.28. The third-order valence-corrected chi connectivity index (χ3v) is 4.90. The topological polar surface area (TPSA) is 41.6 Å². The van der Waals surface area contributed by atoms with Crippen molar-refractivity contribution < 1.29 is 9.53 Å². The number of hydrogen-bond acceptors (Lipinski definition) is 3. The SMILES string of the molecule is Cc1ccc(C(=O)NCC(c2ccccc2)N2CCOCC2)cc1C. The molecule has 1 fully saturated rings. The number of rotatable bonds is 5. The number of benzene rings is 2. The summed E-state index contributed by atoms with van der Waals surface area (Å²) in [7, 11) is 0. The van der Waals surface area contributed by atoms with E-state index in [0.29, 0.717) is 6.54 Å². The number of hydrogen-bond donors (Lipinski definition) is 1. The highest BCUT2D eigenvalue weighted by Gasteiger charge is 2.23. The van der Waals surface area contributed by atoms with Crippen molar-refractivity contribution >= 4 is 5.91 Å². The number of ether oxygens (including phenoxy) is 1. The van der Waals surface area contributed by atoms with E-state index < -0.39 is 0 Å². The van der Waals surface area contributed by atoms with Crippen LogP contribution >= 0.6 is 0 Å². The molecular weight excluding hydrogens is 312 g/mol. The Bertz CT molecular complexity index is 709. The van der Waals surface area contributed by atoms with E-state index in [0.717, 1.165) is 37.4 Å². The lowest BCUT2D eigenvalue weighted by molar-refractivity contribution is 0.0162. The van der Waals surface area contributed by atoms with Crippen molar-refractivity contribution in [3.05, 3.63) is 70.8 Å². The molecule has 2 aromatic rings. The van der Waals surface area contributed by atoms with Crippen LogP contribution in [0.5, 0.6) is 0 Å². The Kier molecular flexibility index (Phi) is 5.84. The fourth-order valence-electron chi connectivity index (χ4n) is 3.20. The number of morpholine rings is 1. The van der Waals surface area contributed by atoms with Gasteiger partial charge in [-0.3, -0.25) is 9.69 Å². The van der Waals surface area contributed by atoms with Crippen LogP contribution in [0.1, 0.15) is 33.1 Å². The van der Waals surface area contributed by atoms with Gasteiger partial charge in [0, 0.05) is 25.2 Å². The van der Waals surface area contributed by atoms with Gasteiger partial charge in [-0.15, -0.1) is 0 Å². The van der Waals surface area contributed by atoms with E-state index in [4.69, 9.17) is 4.74 Å². The first kappa shape index (κ1) is 17.6. The number of carbonyl (C=O) groups excluding carboxylic acids is 1. The molecule has 25 heavy (non-hydrogen) atoms. The maximum Gasteiger partial charge on any atom is 0.251 e. The Morgan fingerprint density at radius 3 is 2.48 bits per heavy atom. The van der Waals surface area contributed by atoms with Gasteiger partial charge in [0.25, 0.3) is 5.91 Å². The van der Waals surface area contributed by atoms with Crippen LogP contribution in [0.15, 0.2) is 48.5 Å². The Labute approximate surface area is 149 Å². The van der Waals surface area contributed by atoms with Crippen LogP contribution in [0.4, 0.5) is 0 Å². The molecule has 4 heteroatoms. The fourth-order valence-corrected chi connectivity index (χ4v) is 3.20. The first-order valence-corrected chi connectivity index (χ1v) is 8.87. The summed E-state index contributed by atoms with van der Waals surface area (Å²) in [4.78, 5) is 15.0. The number of amides is 1. The molecule has 0 spiro atoms. The molecule has 1 amide bonds. The molecule has 1 saturated heterocycles. The molecule has 1 unspecified atom stereocenters. The quantitative estimate of drug-likeness (QED) is 0.911. The highest BCUT2D eigenvalue weighted by Crippen LogP contribution is 2.21. The van der Waals surface area contributed by atoms with E-state index in [9.17, 15) is 4.79 Å². The standard InChI is InChI=1S/C21H26N2O2/c1-16-8-9-19(14-17(16)2)21(24)22-15-20(18-6-4-3-5-7-18)23-10-12-25-13-11-23/h3-9,14,20H,10-13,15H2,1-2H3,(H,22,24). The predicted molar refractivity (Wildman–Crippen MR) is 99.8 cm³/mol. The van der Waals surface area contributed by atoms with Crippen LogP contribution in [0.2, 0.25) is 0 Å². The molecule has 1 aliphatic heterocycles. The van der Waals surface area contributed by atoms with Crippen molar-refractivity contribution in [2.75, 3.05) is 32.8 Å². The summed E-state index contributed by atoms with van der Waals surface area (Å²) < 4.78 is 5.48. The summed E-state index contributed by atoms with van der Waals surface area (Å²) >= 11 is 0. The van der Waals surface area contributed by atoms with Crippen LogP contribution in [0, 0.1) is 13.8 Å². The Morgan fingerprint density at radius 1 is 1.08 bits per heavy atom. The third-order valence-electron chi connectivity index (χ3n) is 4.90. The summed E-state index contributed by atoms with van der Waals surface area (Å²) in [6.07, 6.45) is 0. The summed E-state index contributed by atoms with van der Waals surface area (Å²) in [6, 6.07) is 16.4. The summed E-state index contributed by atoms with van der Waals surface area (Å²) in [5, 5.41) is 3.12. The zero-order valence-electron chi connectivity index (χ0n) is 15.0. The summed E-state index contributed by atoms with van der Waals surface area (Å²) in [5.41, 5.74) is 4.29. The van der Waals surface area contributed by atoms with Gasteiger partial charge in [-0.25, -0.2) is 0 Å². The van der Waals surface area contributed by atoms with Gasteiger partial charge in [-0.2, -0.15) is 0 Å². The van der Waals surface area contributed by atoms with Gasteiger partial charge in [0.15, 0.2) is 0 Å². The average Bonchev–Trinajstić information content (AvgIpc) is 2.66. The average molecular weight is 338 g/mol. The molecule has 0 bridgehead atoms. The minimum Gasteiger partial charge on any atom is -0.379 e. The maximum absolute atomic E-state index is 12.6. The zero-order valence-corrected chi connectivity index (χ0v) is 15.0. The van der Waals surface area contributed by atoms with E-state index in [2.05, 4.69) is 29.3 Å². The molecule has 1 N–H and O–H groups in total. The largest absolute Gasteiger partial charge is 0.379 e. The first-order chi connectivity index (χ1) is 12.1. The molecule has 1 atom stereocenters. The van der Waals surface area contributed by atoms with Crippen molar-refractivity contribution in [2.45, 2.75) is 19.9 Å². The molecule has 1 aliphatic rings. The van der Waals surface area contributed by atoms with E-state index in [-0.39, 0.29) is 11.9 Å². The number of aryl methyl sites for hydroxylation is 2. The second-order valence-corrected chi connectivity index (χ2v) is 6.58. The van der Waals surface area contributed by atoms with E-state index >= 15 is 0 Å². The van der Waals surface area contributed by atoms with Gasteiger partial charge in [0.05, 0.1) is 19.3 Å². The Hall–Kier alpha value is -2.17. The lowest BCUT2D eigenvalue weighted by atomic mass is 10.0. The van der Waals surface area contributed by atoms with E-state index in [1.165, 1.54) is 11.1 Å². The minimum absolute atomic E-state index is 0.0164. The molecular formula is C21H26N2O2. The van der Waals surface area contributed by atoms with E-state index in [1.54, 1.807) is 0 Å². The van der Waals surface area contributed by atoms with Crippen LogP contribution in [0.3, 0.4) is 0 Å². The van der Waals surface area contributed by atoms with Crippen LogP contribution in [-0.2, 0) is 4.74 Å². The van der Waals surface area contributed by atoms with Gasteiger partial charge in [0.1, 0.15) is 0 Å². The van der Waals surface area contributed by atoms with Gasteiger partial charge in [-0.05, 0) is 42.7 Å². The molecule has 132 valence electrons. The molecule has 4 nitrogen and oxygen atoms in total. The van der Waals surface area contributed by atoms with Gasteiger partial charge in [0.2, 0.25) is 0 Å². The molecule has 0 saturated carbocycles. The van der Waals surface area contributed by atoms with Crippen LogP contribution in [0.25, 0.3) is 0 Å². The smallest absolute Gasteiger partial charge is 0.251 e. The first-order valence-electron chi connectivity index (χ1n) is 8.87. The number of nitrogens with one attached hydrogen (secondary N) is 1. The van der Waals surface area contributed by atoms with Gasteiger partial charge < -0.3 is 10.1 Å². The molecule has 1 heterocycles. The highest BCUT2D eigenvalue weighted by molar-refractivity contribution is 5.94. The van der Waals surface area contributed by atoms with Gasteiger partial charge >= 0.3 is 0 Å². The van der Waals surface area contributed by atoms with Crippen molar-refractivity contribution in [1.82, 2.24) is 10.2 Å². The lowest BCUT2D eigenvalue weighted by Crippen LogP contribution is -2.43. The third kappa shape index (κ3) is 4.47. The van der Waals surface area contributed by atoms with Crippen molar-refractivity contribution in [3.63, 3.8) is 0 Å². The van der Waals surface area contributed by atoms with Crippen molar-refractivity contribution in [1.29, 1.82) is 0 Å². The molecule has 0 radical (unpaired) electrons. The van der Waals surface area contributed by atoms with Crippen molar-refractivity contribution in [2.24, 2.45) is 0 Å². The number of carbonyl (C=O) groups is 1. The van der Waals surface area contributed by atoms with Gasteiger partial charge in [-0.1, -0.05) is 36.4 Å². The maximum atomic E-state index is 12.6.